The highest BCUT2D eigenvalue weighted by Crippen LogP contribution is 2.36. The Morgan fingerprint density at radius 2 is 1.69 bits per heavy atom. The molecule has 4 nitrogen and oxygen atoms in total. The number of carbonyl (C=O) groups is 1. The predicted octanol–water partition coefficient (Wildman–Crippen LogP) is 6.44. The molecule has 0 radical (unpaired) electrons. The van der Waals surface area contributed by atoms with Gasteiger partial charge >= 0.3 is 0 Å². The molecule has 0 aliphatic carbocycles. The second-order valence-corrected chi connectivity index (χ2v) is 7.25. The highest BCUT2D eigenvalue weighted by Gasteiger charge is 2.24. The molecule has 0 aliphatic heterocycles. The molecule has 0 unspecified atom stereocenters. The Labute approximate surface area is 165 Å². The van der Waals surface area contributed by atoms with E-state index in [4.69, 9.17) is 27.7 Å². The largest absolute Gasteiger partial charge is 0.360 e. The van der Waals surface area contributed by atoms with Crippen LogP contribution in [0.3, 0.4) is 0 Å². The van der Waals surface area contributed by atoms with Gasteiger partial charge in [-0.1, -0.05) is 79.9 Å². The molecule has 142 valence electrons. The Morgan fingerprint density at radius 1 is 1.08 bits per heavy atom. The molecule has 1 aromatic heterocycles. The molecule has 0 aliphatic rings. The fourth-order valence-electron chi connectivity index (χ4n) is 2.91. The molecule has 0 fully saturated rings. The van der Waals surface area contributed by atoms with Gasteiger partial charge < -0.3 is 9.84 Å². The number of nitrogens with zero attached hydrogens (tertiary/aromatic N) is 1. The highest BCUT2D eigenvalue weighted by atomic mass is 35.5. The molecule has 26 heavy (non-hydrogen) atoms. The first-order valence-electron chi connectivity index (χ1n) is 9.25. The van der Waals surface area contributed by atoms with E-state index in [9.17, 15) is 4.79 Å². The van der Waals surface area contributed by atoms with Crippen LogP contribution in [0.1, 0.15) is 68.0 Å². The van der Waals surface area contributed by atoms with E-state index in [1.165, 1.54) is 32.1 Å². The third kappa shape index (κ3) is 5.49. The van der Waals surface area contributed by atoms with Gasteiger partial charge in [0.25, 0.3) is 5.91 Å². The molecule has 1 heterocycles. The first kappa shape index (κ1) is 20.8. The lowest BCUT2D eigenvalue weighted by Crippen LogP contribution is -2.25. The molecule has 0 bridgehead atoms. The third-order valence-electron chi connectivity index (χ3n) is 4.36. The summed E-state index contributed by atoms with van der Waals surface area (Å²) in [5.41, 5.74) is 1.30. The quantitative estimate of drug-likeness (QED) is 0.470. The van der Waals surface area contributed by atoms with Crippen LogP contribution in [-0.4, -0.2) is 17.6 Å². The Morgan fingerprint density at radius 3 is 2.35 bits per heavy atom. The van der Waals surface area contributed by atoms with E-state index in [0.717, 1.165) is 12.8 Å². The summed E-state index contributed by atoms with van der Waals surface area (Å²) in [6.07, 6.45) is 8.41. The molecule has 1 amide bonds. The summed E-state index contributed by atoms with van der Waals surface area (Å²) in [6, 6.07) is 5.18. The smallest absolute Gasteiger partial charge is 0.257 e. The van der Waals surface area contributed by atoms with Gasteiger partial charge in [-0.05, 0) is 25.5 Å². The van der Waals surface area contributed by atoms with Gasteiger partial charge in [-0.2, -0.15) is 0 Å². The summed E-state index contributed by atoms with van der Waals surface area (Å²) in [5.74, 6) is 0.244. The molecule has 0 spiro atoms. The van der Waals surface area contributed by atoms with Gasteiger partial charge in [0.15, 0.2) is 0 Å². The van der Waals surface area contributed by atoms with E-state index in [2.05, 4.69) is 17.4 Å². The fourth-order valence-corrected chi connectivity index (χ4v) is 3.48. The van der Waals surface area contributed by atoms with Crippen LogP contribution in [0.25, 0.3) is 11.3 Å². The van der Waals surface area contributed by atoms with Crippen molar-refractivity contribution in [3.8, 4) is 11.3 Å². The van der Waals surface area contributed by atoms with Gasteiger partial charge in [-0.25, -0.2) is 0 Å². The molecule has 0 atom stereocenters. The summed E-state index contributed by atoms with van der Waals surface area (Å²) in [4.78, 5) is 12.6. The van der Waals surface area contributed by atoms with E-state index in [-0.39, 0.29) is 5.91 Å². The summed E-state index contributed by atoms with van der Waals surface area (Å²) in [6.45, 7) is 4.56. The number of carbonyl (C=O) groups excluding carboxylic acids is 1. The number of nitrogens with one attached hydrogen (secondary N) is 1. The number of halogens is 2. The van der Waals surface area contributed by atoms with Crippen molar-refractivity contribution in [3.05, 3.63) is 39.6 Å². The minimum Gasteiger partial charge on any atom is -0.360 e. The summed E-state index contributed by atoms with van der Waals surface area (Å²) < 4.78 is 5.24. The second-order valence-electron chi connectivity index (χ2n) is 6.44. The van der Waals surface area contributed by atoms with Gasteiger partial charge in [0, 0.05) is 12.1 Å². The Bertz CT molecular complexity index is 708. The standard InChI is InChI=1S/C20H26Cl2N2O2/c1-3-4-5-6-7-8-9-13-23-20(25)17-14(2)26-24-19(17)18-15(21)11-10-12-16(18)22/h10-12H,3-9,13H2,1-2H3,(H,23,25). The number of hydrogen-bond donors (Lipinski definition) is 1. The number of rotatable bonds is 10. The van der Waals surface area contributed by atoms with Gasteiger partial charge in [0.2, 0.25) is 0 Å². The minimum absolute atomic E-state index is 0.208. The van der Waals surface area contributed by atoms with E-state index in [0.29, 0.717) is 39.2 Å². The topological polar surface area (TPSA) is 55.1 Å². The summed E-state index contributed by atoms with van der Waals surface area (Å²) in [5, 5.41) is 7.84. The van der Waals surface area contributed by atoms with E-state index in [1.54, 1.807) is 25.1 Å². The van der Waals surface area contributed by atoms with Crippen molar-refractivity contribution in [1.82, 2.24) is 10.5 Å². The molecule has 1 aromatic carbocycles. The molecule has 1 N–H and O–H groups in total. The first-order valence-corrected chi connectivity index (χ1v) is 10.0. The number of benzene rings is 1. The number of aryl methyl sites for hydroxylation is 1. The average molecular weight is 397 g/mol. The number of amides is 1. The van der Waals surface area contributed by atoms with Gasteiger partial charge in [0.1, 0.15) is 17.0 Å². The number of aromatic nitrogens is 1. The molecule has 2 rings (SSSR count). The van der Waals surface area contributed by atoms with Crippen molar-refractivity contribution in [2.45, 2.75) is 58.8 Å². The van der Waals surface area contributed by atoms with Crippen molar-refractivity contribution < 1.29 is 9.32 Å². The number of unbranched alkanes of at least 4 members (excludes halogenated alkanes) is 6. The minimum atomic E-state index is -0.208. The lowest BCUT2D eigenvalue weighted by Gasteiger charge is -2.08. The van der Waals surface area contributed by atoms with Crippen molar-refractivity contribution in [3.63, 3.8) is 0 Å². The van der Waals surface area contributed by atoms with Gasteiger partial charge in [0.05, 0.1) is 10.0 Å². The Hall–Kier alpha value is -1.52. The average Bonchev–Trinajstić information content (AvgIpc) is 2.98. The van der Waals surface area contributed by atoms with E-state index >= 15 is 0 Å². The monoisotopic (exact) mass is 396 g/mol. The summed E-state index contributed by atoms with van der Waals surface area (Å²) >= 11 is 12.5. The van der Waals surface area contributed by atoms with Crippen LogP contribution in [0.4, 0.5) is 0 Å². The zero-order valence-electron chi connectivity index (χ0n) is 15.4. The SMILES string of the molecule is CCCCCCCCCNC(=O)c1c(-c2c(Cl)cccc2Cl)noc1C. The Kier molecular flexibility index (Phi) is 8.46. The number of hydrogen-bond acceptors (Lipinski definition) is 3. The van der Waals surface area contributed by atoms with Crippen LogP contribution in [0.5, 0.6) is 0 Å². The maximum absolute atomic E-state index is 12.6. The fraction of sp³-hybridized carbons (Fsp3) is 0.500. The van der Waals surface area contributed by atoms with Crippen LogP contribution in [0.15, 0.2) is 22.7 Å². The molecular formula is C20H26Cl2N2O2. The van der Waals surface area contributed by atoms with Crippen molar-refractivity contribution in [1.29, 1.82) is 0 Å². The maximum Gasteiger partial charge on any atom is 0.257 e. The molecule has 6 heteroatoms. The molecule has 0 saturated carbocycles. The third-order valence-corrected chi connectivity index (χ3v) is 4.99. The van der Waals surface area contributed by atoms with Crippen molar-refractivity contribution in [2.75, 3.05) is 6.54 Å². The van der Waals surface area contributed by atoms with Gasteiger partial charge in [-0.3, -0.25) is 4.79 Å². The second kappa shape index (κ2) is 10.6. The lowest BCUT2D eigenvalue weighted by molar-refractivity contribution is 0.0952. The molecule has 0 saturated heterocycles. The normalized spacial score (nSPS) is 10.9. The van der Waals surface area contributed by atoms with Gasteiger partial charge in [-0.15, -0.1) is 0 Å². The van der Waals surface area contributed by atoms with Crippen LogP contribution < -0.4 is 5.32 Å². The lowest BCUT2D eigenvalue weighted by atomic mass is 10.1. The highest BCUT2D eigenvalue weighted by molar-refractivity contribution is 6.39. The van der Waals surface area contributed by atoms with E-state index < -0.39 is 0 Å². The van der Waals surface area contributed by atoms with Crippen LogP contribution >= 0.6 is 23.2 Å². The van der Waals surface area contributed by atoms with Crippen molar-refractivity contribution in [2.24, 2.45) is 0 Å². The maximum atomic E-state index is 12.6. The van der Waals surface area contributed by atoms with E-state index in [1.807, 2.05) is 0 Å². The predicted molar refractivity (Wildman–Crippen MR) is 107 cm³/mol. The molecular weight excluding hydrogens is 371 g/mol. The zero-order chi connectivity index (χ0) is 18.9. The Balaban J connectivity index is 1.95. The first-order chi connectivity index (χ1) is 12.6. The van der Waals surface area contributed by atoms with Crippen LogP contribution in [0.2, 0.25) is 10.0 Å². The van der Waals surface area contributed by atoms with Crippen LogP contribution in [-0.2, 0) is 0 Å². The van der Waals surface area contributed by atoms with Crippen molar-refractivity contribution >= 4 is 29.1 Å². The molecule has 2 aromatic rings. The van der Waals surface area contributed by atoms with Crippen LogP contribution in [0, 0.1) is 6.92 Å². The summed E-state index contributed by atoms with van der Waals surface area (Å²) in [7, 11) is 0. The zero-order valence-corrected chi connectivity index (χ0v) is 16.9.